The summed E-state index contributed by atoms with van der Waals surface area (Å²) >= 11 is 0. The van der Waals surface area contributed by atoms with Crippen LogP contribution in [-0.2, 0) is 23.9 Å². The first-order valence-electron chi connectivity index (χ1n) is 7.74. The van der Waals surface area contributed by atoms with Gasteiger partial charge in [0.05, 0.1) is 13.0 Å². The highest BCUT2D eigenvalue weighted by Crippen LogP contribution is 2.42. The molecule has 0 unspecified atom stereocenters. The maximum atomic E-state index is 12.7. The van der Waals surface area contributed by atoms with Crippen molar-refractivity contribution < 1.29 is 23.9 Å². The van der Waals surface area contributed by atoms with Gasteiger partial charge in [-0.1, -0.05) is 13.0 Å². The van der Waals surface area contributed by atoms with Gasteiger partial charge in [-0.3, -0.25) is 14.4 Å². The fourth-order valence-electron chi connectivity index (χ4n) is 2.67. The number of hydrogen-bond acceptors (Lipinski definition) is 5. The summed E-state index contributed by atoms with van der Waals surface area (Å²) in [5.41, 5.74) is -1.82. The zero-order chi connectivity index (χ0) is 17.0. The van der Waals surface area contributed by atoms with E-state index in [2.05, 4.69) is 6.58 Å². The Hall–Kier alpha value is -1.65. The number of Topliss-reactive ketones (excluding diaryl/α,β-unsaturated/α-hetero) is 1. The van der Waals surface area contributed by atoms with Crippen molar-refractivity contribution in [3.05, 3.63) is 12.2 Å². The zero-order valence-corrected chi connectivity index (χ0v) is 14.0. The standard InChI is InChI=1S/C17H26O5/c1-6-21-14(19)11-12(2)17(10-8-7-9-13(17)18)15(20)22-16(3,4)5/h2,6-11H2,1,3-5H3/t17-/m0/s1. The quantitative estimate of drug-likeness (QED) is 0.443. The van der Waals surface area contributed by atoms with Crippen molar-refractivity contribution in [3.63, 3.8) is 0 Å². The summed E-state index contributed by atoms with van der Waals surface area (Å²) in [6.07, 6.45) is 1.99. The highest BCUT2D eigenvalue weighted by atomic mass is 16.6. The van der Waals surface area contributed by atoms with E-state index in [0.29, 0.717) is 12.8 Å². The lowest BCUT2D eigenvalue weighted by molar-refractivity contribution is -0.169. The van der Waals surface area contributed by atoms with Crippen LogP contribution in [0.15, 0.2) is 12.2 Å². The Balaban J connectivity index is 3.06. The van der Waals surface area contributed by atoms with Crippen LogP contribution in [0.1, 0.15) is 59.8 Å². The van der Waals surface area contributed by atoms with Crippen molar-refractivity contribution in [2.24, 2.45) is 5.41 Å². The molecule has 0 N–H and O–H groups in total. The molecule has 0 amide bonds. The Morgan fingerprint density at radius 1 is 1.27 bits per heavy atom. The van der Waals surface area contributed by atoms with Crippen molar-refractivity contribution in [1.82, 2.24) is 0 Å². The first-order valence-corrected chi connectivity index (χ1v) is 7.74. The van der Waals surface area contributed by atoms with E-state index in [9.17, 15) is 14.4 Å². The van der Waals surface area contributed by atoms with E-state index in [1.54, 1.807) is 27.7 Å². The summed E-state index contributed by atoms with van der Waals surface area (Å²) < 4.78 is 10.3. The van der Waals surface area contributed by atoms with Gasteiger partial charge in [0, 0.05) is 6.42 Å². The third kappa shape index (κ3) is 4.18. The van der Waals surface area contributed by atoms with E-state index < -0.39 is 23.0 Å². The maximum Gasteiger partial charge on any atom is 0.324 e. The molecule has 0 aliphatic heterocycles. The SMILES string of the molecule is C=C(CC(=O)OCC)[C@@]1(C(=O)OC(C)(C)C)CCCCC1=O. The van der Waals surface area contributed by atoms with Gasteiger partial charge in [-0.2, -0.15) is 0 Å². The summed E-state index contributed by atoms with van der Waals surface area (Å²) in [4.78, 5) is 36.9. The third-order valence-electron chi connectivity index (χ3n) is 3.70. The second kappa shape index (κ2) is 7.07. The molecule has 22 heavy (non-hydrogen) atoms. The second-order valence-electron chi connectivity index (χ2n) is 6.62. The number of ether oxygens (including phenoxy) is 2. The molecular formula is C17H26O5. The molecule has 0 heterocycles. The molecule has 0 aromatic rings. The first-order chi connectivity index (χ1) is 10.1. The highest BCUT2D eigenvalue weighted by molar-refractivity contribution is 6.08. The summed E-state index contributed by atoms with van der Waals surface area (Å²) in [5, 5.41) is 0. The molecule has 1 saturated carbocycles. The van der Waals surface area contributed by atoms with Crippen molar-refractivity contribution in [3.8, 4) is 0 Å². The van der Waals surface area contributed by atoms with Crippen molar-refractivity contribution in [2.75, 3.05) is 6.61 Å². The molecular weight excluding hydrogens is 284 g/mol. The molecule has 0 aromatic carbocycles. The molecule has 1 aliphatic rings. The van der Waals surface area contributed by atoms with Gasteiger partial charge in [-0.25, -0.2) is 0 Å². The van der Waals surface area contributed by atoms with Crippen molar-refractivity contribution >= 4 is 17.7 Å². The minimum absolute atomic E-state index is 0.140. The molecule has 0 radical (unpaired) electrons. The van der Waals surface area contributed by atoms with Crippen molar-refractivity contribution in [2.45, 2.75) is 65.4 Å². The topological polar surface area (TPSA) is 69.7 Å². The molecule has 0 aromatic heterocycles. The van der Waals surface area contributed by atoms with Crippen molar-refractivity contribution in [1.29, 1.82) is 0 Å². The Morgan fingerprint density at radius 3 is 2.41 bits per heavy atom. The van der Waals surface area contributed by atoms with Crippen LogP contribution in [0.25, 0.3) is 0 Å². The van der Waals surface area contributed by atoms with Crippen LogP contribution in [0.3, 0.4) is 0 Å². The molecule has 0 spiro atoms. The number of carbonyl (C=O) groups excluding carboxylic acids is 3. The Labute approximate surface area is 132 Å². The highest BCUT2D eigenvalue weighted by Gasteiger charge is 2.51. The Kier molecular flexibility index (Phi) is 5.92. The summed E-state index contributed by atoms with van der Waals surface area (Å²) in [5.74, 6) is -1.28. The summed E-state index contributed by atoms with van der Waals surface area (Å²) in [6.45, 7) is 11.1. The van der Waals surface area contributed by atoms with Gasteiger partial charge in [0.15, 0.2) is 5.78 Å². The zero-order valence-electron chi connectivity index (χ0n) is 14.0. The predicted molar refractivity (Wildman–Crippen MR) is 82.1 cm³/mol. The van der Waals surface area contributed by atoms with Gasteiger partial charge in [0.1, 0.15) is 11.0 Å². The fraction of sp³-hybridized carbons (Fsp3) is 0.706. The second-order valence-corrected chi connectivity index (χ2v) is 6.62. The Bertz CT molecular complexity index is 472. The van der Waals surface area contributed by atoms with Crippen LogP contribution in [0, 0.1) is 5.41 Å². The van der Waals surface area contributed by atoms with Gasteiger partial charge < -0.3 is 9.47 Å². The lowest BCUT2D eigenvalue weighted by Gasteiger charge is -2.37. The van der Waals surface area contributed by atoms with E-state index in [0.717, 1.165) is 12.8 Å². The van der Waals surface area contributed by atoms with E-state index in [-0.39, 0.29) is 24.4 Å². The number of rotatable bonds is 5. The van der Waals surface area contributed by atoms with Gasteiger partial charge in [0.25, 0.3) is 0 Å². The van der Waals surface area contributed by atoms with E-state index in [4.69, 9.17) is 9.47 Å². The van der Waals surface area contributed by atoms with E-state index in [1.807, 2.05) is 0 Å². The summed E-state index contributed by atoms with van der Waals surface area (Å²) in [7, 11) is 0. The minimum atomic E-state index is -1.40. The lowest BCUT2D eigenvalue weighted by Crippen LogP contribution is -2.47. The van der Waals surface area contributed by atoms with Crippen LogP contribution in [0.5, 0.6) is 0 Å². The van der Waals surface area contributed by atoms with Gasteiger partial charge in [-0.05, 0) is 46.1 Å². The van der Waals surface area contributed by atoms with Crippen LogP contribution >= 0.6 is 0 Å². The molecule has 124 valence electrons. The number of hydrogen-bond donors (Lipinski definition) is 0. The average molecular weight is 310 g/mol. The fourth-order valence-corrected chi connectivity index (χ4v) is 2.67. The van der Waals surface area contributed by atoms with Crippen LogP contribution in [-0.4, -0.2) is 29.9 Å². The molecule has 5 nitrogen and oxygen atoms in total. The van der Waals surface area contributed by atoms with Gasteiger partial charge in [0.2, 0.25) is 0 Å². The van der Waals surface area contributed by atoms with E-state index >= 15 is 0 Å². The smallest absolute Gasteiger partial charge is 0.324 e. The van der Waals surface area contributed by atoms with E-state index in [1.165, 1.54) is 0 Å². The molecule has 1 fully saturated rings. The monoisotopic (exact) mass is 310 g/mol. The van der Waals surface area contributed by atoms with Gasteiger partial charge in [-0.15, -0.1) is 0 Å². The lowest BCUT2D eigenvalue weighted by atomic mass is 9.67. The molecule has 1 rings (SSSR count). The minimum Gasteiger partial charge on any atom is -0.466 e. The summed E-state index contributed by atoms with van der Waals surface area (Å²) in [6, 6.07) is 0. The third-order valence-corrected chi connectivity index (χ3v) is 3.70. The molecule has 5 heteroatoms. The number of carbonyl (C=O) groups is 3. The molecule has 0 bridgehead atoms. The molecule has 1 aliphatic carbocycles. The number of ketones is 1. The largest absolute Gasteiger partial charge is 0.466 e. The molecule has 1 atom stereocenters. The van der Waals surface area contributed by atoms with Crippen LogP contribution in [0.2, 0.25) is 0 Å². The van der Waals surface area contributed by atoms with Gasteiger partial charge >= 0.3 is 11.9 Å². The normalized spacial score (nSPS) is 22.1. The maximum absolute atomic E-state index is 12.7. The van der Waals surface area contributed by atoms with Crippen LogP contribution < -0.4 is 0 Å². The number of esters is 2. The predicted octanol–water partition coefficient (Wildman–Crippen LogP) is 2.97. The van der Waals surface area contributed by atoms with Crippen LogP contribution in [0.4, 0.5) is 0 Å². The average Bonchev–Trinajstić information content (AvgIpc) is 2.37. The first kappa shape index (κ1) is 18.4. The molecule has 0 saturated heterocycles. The Morgan fingerprint density at radius 2 is 1.91 bits per heavy atom.